The van der Waals surface area contributed by atoms with Gasteiger partial charge < -0.3 is 5.73 Å². The minimum atomic E-state index is -0.279. The number of rotatable bonds is 1. The second-order valence-electron chi connectivity index (χ2n) is 3.99. The summed E-state index contributed by atoms with van der Waals surface area (Å²) >= 11 is 6.20. The Balaban J connectivity index is 2.24. The molecule has 5 heteroatoms. The van der Waals surface area contributed by atoms with E-state index in [1.165, 1.54) is 12.1 Å². The lowest BCUT2D eigenvalue weighted by molar-refractivity contribution is 0.628. The van der Waals surface area contributed by atoms with Crippen molar-refractivity contribution in [3.8, 4) is 11.1 Å². The van der Waals surface area contributed by atoms with E-state index in [1.807, 2.05) is 6.07 Å². The normalized spacial score (nSPS) is 11.0. The van der Waals surface area contributed by atoms with Crippen LogP contribution in [0.15, 0.2) is 36.4 Å². The summed E-state index contributed by atoms with van der Waals surface area (Å²) in [5.74, 6) is 0.142. The maximum absolute atomic E-state index is 12.9. The lowest BCUT2D eigenvalue weighted by Gasteiger charge is -2.05. The van der Waals surface area contributed by atoms with E-state index in [-0.39, 0.29) is 5.82 Å². The highest BCUT2D eigenvalue weighted by molar-refractivity contribution is 6.34. The summed E-state index contributed by atoms with van der Waals surface area (Å²) < 4.78 is 12.9. The molecule has 2 aromatic carbocycles. The first-order chi connectivity index (χ1) is 8.65. The van der Waals surface area contributed by atoms with Crippen LogP contribution < -0.4 is 5.73 Å². The summed E-state index contributed by atoms with van der Waals surface area (Å²) in [6.07, 6.45) is 0. The number of aromatic nitrogens is 2. The average Bonchev–Trinajstić information content (AvgIpc) is 2.71. The zero-order chi connectivity index (χ0) is 12.7. The standard InChI is InChI=1S/C13H9ClFN3/c14-11-6-12-10(13(16)18-17-12)5-9(11)7-1-3-8(15)4-2-7/h1-6H,(H3,16,17,18). The van der Waals surface area contributed by atoms with E-state index in [4.69, 9.17) is 17.3 Å². The number of nitrogens with one attached hydrogen (secondary N) is 1. The topological polar surface area (TPSA) is 54.7 Å². The SMILES string of the molecule is Nc1n[nH]c2cc(Cl)c(-c3ccc(F)cc3)cc12. The van der Waals surface area contributed by atoms with Crippen molar-refractivity contribution in [1.82, 2.24) is 10.2 Å². The minimum Gasteiger partial charge on any atom is -0.382 e. The van der Waals surface area contributed by atoms with Crippen molar-refractivity contribution in [3.63, 3.8) is 0 Å². The Morgan fingerprint density at radius 1 is 1.17 bits per heavy atom. The van der Waals surface area contributed by atoms with Crippen LogP contribution in [0.2, 0.25) is 5.02 Å². The van der Waals surface area contributed by atoms with Gasteiger partial charge >= 0.3 is 0 Å². The van der Waals surface area contributed by atoms with Crippen molar-refractivity contribution in [3.05, 3.63) is 47.2 Å². The van der Waals surface area contributed by atoms with Crippen LogP contribution in [-0.2, 0) is 0 Å². The highest BCUT2D eigenvalue weighted by Crippen LogP contribution is 2.33. The van der Waals surface area contributed by atoms with Gasteiger partial charge in [0.05, 0.1) is 10.5 Å². The summed E-state index contributed by atoms with van der Waals surface area (Å²) in [5.41, 5.74) is 8.17. The average molecular weight is 262 g/mol. The van der Waals surface area contributed by atoms with E-state index in [9.17, 15) is 4.39 Å². The number of H-pyrrole nitrogens is 1. The lowest BCUT2D eigenvalue weighted by atomic mass is 10.0. The molecule has 3 N–H and O–H groups in total. The van der Waals surface area contributed by atoms with Gasteiger partial charge in [0.2, 0.25) is 0 Å². The first-order valence-corrected chi connectivity index (χ1v) is 5.72. The van der Waals surface area contributed by atoms with Crippen molar-refractivity contribution in [2.24, 2.45) is 0 Å². The molecule has 0 fully saturated rings. The molecule has 0 atom stereocenters. The molecule has 0 radical (unpaired) electrons. The maximum atomic E-state index is 12.9. The smallest absolute Gasteiger partial charge is 0.153 e. The van der Waals surface area contributed by atoms with Crippen molar-refractivity contribution in [2.45, 2.75) is 0 Å². The van der Waals surface area contributed by atoms with Crippen molar-refractivity contribution in [2.75, 3.05) is 5.73 Å². The fourth-order valence-electron chi connectivity index (χ4n) is 1.91. The number of nitrogens with zero attached hydrogens (tertiary/aromatic N) is 1. The van der Waals surface area contributed by atoms with Gasteiger partial charge in [-0.2, -0.15) is 5.10 Å². The second-order valence-corrected chi connectivity index (χ2v) is 4.40. The first-order valence-electron chi connectivity index (χ1n) is 5.34. The molecule has 0 spiro atoms. The van der Waals surface area contributed by atoms with Crippen LogP contribution >= 0.6 is 11.6 Å². The molecule has 0 unspecified atom stereocenters. The molecule has 0 saturated heterocycles. The molecule has 0 aliphatic carbocycles. The minimum absolute atomic E-state index is 0.279. The number of nitrogens with two attached hydrogens (primary N) is 1. The molecule has 0 aliphatic heterocycles. The van der Waals surface area contributed by atoms with E-state index < -0.39 is 0 Å². The molecule has 0 saturated carbocycles. The van der Waals surface area contributed by atoms with Crippen molar-refractivity contribution in [1.29, 1.82) is 0 Å². The highest BCUT2D eigenvalue weighted by atomic mass is 35.5. The van der Waals surface area contributed by atoms with Gasteiger partial charge in [-0.3, -0.25) is 5.10 Å². The zero-order valence-corrected chi connectivity index (χ0v) is 10.0. The molecule has 0 amide bonds. The summed E-state index contributed by atoms with van der Waals surface area (Å²) in [4.78, 5) is 0. The van der Waals surface area contributed by atoms with Crippen LogP contribution in [-0.4, -0.2) is 10.2 Å². The van der Waals surface area contributed by atoms with Gasteiger partial charge in [0.25, 0.3) is 0 Å². The van der Waals surface area contributed by atoms with Crippen LogP contribution in [0.3, 0.4) is 0 Å². The number of anilines is 1. The molecule has 1 aromatic heterocycles. The summed E-state index contributed by atoms with van der Waals surface area (Å²) in [7, 11) is 0. The molecule has 18 heavy (non-hydrogen) atoms. The maximum Gasteiger partial charge on any atom is 0.153 e. The Kier molecular flexibility index (Phi) is 2.45. The number of halogens is 2. The number of hydrogen-bond donors (Lipinski definition) is 2. The van der Waals surface area contributed by atoms with Gasteiger partial charge in [-0.1, -0.05) is 23.7 Å². The van der Waals surface area contributed by atoms with Crippen molar-refractivity contribution >= 4 is 28.3 Å². The van der Waals surface area contributed by atoms with E-state index >= 15 is 0 Å². The van der Waals surface area contributed by atoms with Gasteiger partial charge in [-0.15, -0.1) is 0 Å². The Labute approximate surface area is 107 Å². The molecule has 90 valence electrons. The third-order valence-electron chi connectivity index (χ3n) is 2.84. The first kappa shape index (κ1) is 11.0. The molecule has 3 rings (SSSR count). The Hall–Kier alpha value is -2.07. The number of nitrogen functional groups attached to an aromatic ring is 1. The Bertz CT molecular complexity index is 719. The van der Waals surface area contributed by atoms with Crippen LogP contribution in [0.5, 0.6) is 0 Å². The molecule has 0 bridgehead atoms. The third kappa shape index (κ3) is 1.71. The quantitative estimate of drug-likeness (QED) is 0.703. The predicted octanol–water partition coefficient (Wildman–Crippen LogP) is 3.60. The number of fused-ring (bicyclic) bond motifs is 1. The lowest BCUT2D eigenvalue weighted by Crippen LogP contribution is -1.85. The Morgan fingerprint density at radius 2 is 1.89 bits per heavy atom. The van der Waals surface area contributed by atoms with Crippen LogP contribution in [0.1, 0.15) is 0 Å². The fraction of sp³-hybridized carbons (Fsp3) is 0. The summed E-state index contributed by atoms with van der Waals surface area (Å²) in [6, 6.07) is 9.77. The van der Waals surface area contributed by atoms with E-state index in [1.54, 1.807) is 18.2 Å². The number of hydrogen-bond acceptors (Lipinski definition) is 2. The predicted molar refractivity (Wildman–Crippen MR) is 70.9 cm³/mol. The number of benzene rings is 2. The largest absolute Gasteiger partial charge is 0.382 e. The van der Waals surface area contributed by atoms with Gasteiger partial charge in [-0.25, -0.2) is 4.39 Å². The van der Waals surface area contributed by atoms with Gasteiger partial charge in [0, 0.05) is 10.9 Å². The van der Waals surface area contributed by atoms with Crippen LogP contribution in [0.4, 0.5) is 10.2 Å². The van der Waals surface area contributed by atoms with E-state index in [2.05, 4.69) is 10.2 Å². The zero-order valence-electron chi connectivity index (χ0n) is 9.24. The van der Waals surface area contributed by atoms with Crippen molar-refractivity contribution < 1.29 is 4.39 Å². The second kappa shape index (κ2) is 3.99. The monoisotopic (exact) mass is 261 g/mol. The van der Waals surface area contributed by atoms with E-state index in [0.717, 1.165) is 22.0 Å². The Morgan fingerprint density at radius 3 is 2.61 bits per heavy atom. The summed E-state index contributed by atoms with van der Waals surface area (Å²) in [5, 5.41) is 8.09. The van der Waals surface area contributed by atoms with E-state index in [0.29, 0.717) is 10.8 Å². The fourth-order valence-corrected chi connectivity index (χ4v) is 2.18. The molecular formula is C13H9ClFN3. The van der Waals surface area contributed by atoms with Gasteiger partial charge in [-0.05, 0) is 29.8 Å². The number of aromatic amines is 1. The third-order valence-corrected chi connectivity index (χ3v) is 3.15. The molecular weight excluding hydrogens is 253 g/mol. The summed E-state index contributed by atoms with van der Waals surface area (Å²) in [6.45, 7) is 0. The molecule has 3 nitrogen and oxygen atoms in total. The molecule has 0 aliphatic rings. The van der Waals surface area contributed by atoms with Gasteiger partial charge in [0.15, 0.2) is 5.82 Å². The highest BCUT2D eigenvalue weighted by Gasteiger charge is 2.09. The van der Waals surface area contributed by atoms with Crippen LogP contribution in [0, 0.1) is 5.82 Å². The molecule has 1 heterocycles. The van der Waals surface area contributed by atoms with Gasteiger partial charge in [0.1, 0.15) is 5.82 Å². The molecule has 3 aromatic rings. The van der Waals surface area contributed by atoms with Crippen LogP contribution in [0.25, 0.3) is 22.0 Å².